The van der Waals surface area contributed by atoms with Crippen molar-refractivity contribution < 1.29 is 4.42 Å². The van der Waals surface area contributed by atoms with Crippen molar-refractivity contribution in [3.05, 3.63) is 176 Å². The van der Waals surface area contributed by atoms with Gasteiger partial charge in [-0.3, -0.25) is 4.57 Å². The van der Waals surface area contributed by atoms with E-state index in [0.717, 1.165) is 98.9 Å². The van der Waals surface area contributed by atoms with Crippen molar-refractivity contribution in [1.29, 1.82) is 0 Å². The third kappa shape index (κ3) is 4.28. The molecule has 0 aliphatic heterocycles. The lowest BCUT2D eigenvalue weighted by atomic mass is 9.99. The van der Waals surface area contributed by atoms with E-state index in [1.807, 2.05) is 12.1 Å². The van der Waals surface area contributed by atoms with E-state index in [1.54, 1.807) is 0 Å². The van der Waals surface area contributed by atoms with E-state index in [9.17, 15) is 0 Å². The summed E-state index contributed by atoms with van der Waals surface area (Å²) in [5, 5.41) is 7.79. The molecule has 4 heteroatoms. The second kappa shape index (κ2) is 11.2. The number of nitrogens with zero attached hydrogens (tertiary/aromatic N) is 3. The topological polar surface area (TPSA) is 43.9 Å². The zero-order valence-electron chi connectivity index (χ0n) is 28.0. The molecule has 4 nitrogen and oxygen atoms in total. The molecule has 11 aromatic rings. The van der Waals surface area contributed by atoms with Crippen molar-refractivity contribution in [3.8, 4) is 39.5 Å². The van der Waals surface area contributed by atoms with Crippen LogP contribution in [0.4, 0.5) is 0 Å². The van der Waals surface area contributed by atoms with Crippen molar-refractivity contribution in [2.45, 2.75) is 0 Å². The van der Waals surface area contributed by atoms with E-state index >= 15 is 0 Å². The molecule has 0 unspecified atom stereocenters. The van der Waals surface area contributed by atoms with Gasteiger partial charge in [-0.2, -0.15) is 0 Å². The third-order valence-corrected chi connectivity index (χ3v) is 10.4. The Kier molecular flexibility index (Phi) is 6.22. The fourth-order valence-electron chi connectivity index (χ4n) is 8.01. The van der Waals surface area contributed by atoms with Crippen LogP contribution in [0.3, 0.4) is 0 Å². The van der Waals surface area contributed by atoms with Crippen molar-refractivity contribution in [2.24, 2.45) is 0 Å². The van der Waals surface area contributed by atoms with Crippen LogP contribution < -0.4 is 0 Å². The maximum absolute atomic E-state index is 6.83. The molecule has 3 aromatic heterocycles. The number of para-hydroxylation sites is 3. The van der Waals surface area contributed by atoms with Gasteiger partial charge in [0.2, 0.25) is 5.95 Å². The molecule has 3 heterocycles. The van der Waals surface area contributed by atoms with Crippen LogP contribution in [-0.2, 0) is 0 Å². The molecule has 0 amide bonds. The Morgan fingerprint density at radius 1 is 0.385 bits per heavy atom. The SMILES string of the molecule is c1ccc(-c2nc(-n3c4ccccc4c4ccc(-c5cccc6c5oc5c(-c7ccccc7)cccc56)cc43)nc3c2ccc2ccccc23)cc1. The minimum atomic E-state index is 0.639. The number of rotatable bonds is 4. The Morgan fingerprint density at radius 3 is 1.75 bits per heavy atom. The lowest BCUT2D eigenvalue weighted by molar-refractivity contribution is 0.671. The van der Waals surface area contributed by atoms with E-state index in [2.05, 4.69) is 168 Å². The standard InChI is InChI=1S/C48H29N3O/c1-3-13-30(14-4-1)35-20-11-22-39-40-23-12-21-36(47(40)52-46(35)39)33-26-27-38-37-19-9-10-24-42(37)51(43(38)29-33)48-49-44(32-16-5-2-6-17-32)41-28-25-31-15-7-8-18-34(31)45(41)50-48/h1-29H. The molecule has 8 aromatic carbocycles. The molecule has 0 atom stereocenters. The zero-order chi connectivity index (χ0) is 34.2. The van der Waals surface area contributed by atoms with Gasteiger partial charge < -0.3 is 4.42 Å². The van der Waals surface area contributed by atoms with Gasteiger partial charge in [0.05, 0.1) is 22.2 Å². The highest BCUT2D eigenvalue weighted by Crippen LogP contribution is 2.42. The molecule has 0 radical (unpaired) electrons. The van der Waals surface area contributed by atoms with Gasteiger partial charge >= 0.3 is 0 Å². The fourth-order valence-corrected chi connectivity index (χ4v) is 8.01. The molecule has 0 N–H and O–H groups in total. The van der Waals surface area contributed by atoms with Crippen LogP contribution in [0.25, 0.3) is 105 Å². The lowest BCUT2D eigenvalue weighted by Gasteiger charge is -2.13. The van der Waals surface area contributed by atoms with E-state index < -0.39 is 0 Å². The Morgan fingerprint density at radius 2 is 0.981 bits per heavy atom. The number of aromatic nitrogens is 3. The van der Waals surface area contributed by atoms with Crippen molar-refractivity contribution in [2.75, 3.05) is 0 Å². The molecule has 0 saturated heterocycles. The summed E-state index contributed by atoms with van der Waals surface area (Å²) in [6.07, 6.45) is 0. The summed E-state index contributed by atoms with van der Waals surface area (Å²) in [6.45, 7) is 0. The number of hydrogen-bond acceptors (Lipinski definition) is 3. The van der Waals surface area contributed by atoms with E-state index in [-0.39, 0.29) is 0 Å². The lowest BCUT2D eigenvalue weighted by Crippen LogP contribution is -2.04. The van der Waals surface area contributed by atoms with E-state index in [1.165, 1.54) is 0 Å². The smallest absolute Gasteiger partial charge is 0.235 e. The zero-order valence-corrected chi connectivity index (χ0v) is 28.0. The Labute approximate surface area is 298 Å². The number of hydrogen-bond donors (Lipinski definition) is 0. The highest BCUT2D eigenvalue weighted by atomic mass is 16.3. The molecular formula is C48H29N3O. The van der Waals surface area contributed by atoms with Gasteiger partial charge in [-0.25, -0.2) is 9.97 Å². The number of furan rings is 1. The Balaban J connectivity index is 1.19. The van der Waals surface area contributed by atoms with Crippen LogP contribution in [0, 0.1) is 0 Å². The van der Waals surface area contributed by atoms with Gasteiger partial charge in [0.15, 0.2) is 0 Å². The van der Waals surface area contributed by atoms with Crippen LogP contribution in [0.5, 0.6) is 0 Å². The summed E-state index contributed by atoms with van der Waals surface area (Å²) >= 11 is 0. The first kappa shape index (κ1) is 28.8. The van der Waals surface area contributed by atoms with Gasteiger partial charge in [-0.1, -0.05) is 158 Å². The quantitative estimate of drug-likeness (QED) is 0.176. The van der Waals surface area contributed by atoms with E-state index in [0.29, 0.717) is 5.95 Å². The summed E-state index contributed by atoms with van der Waals surface area (Å²) in [6, 6.07) is 61.8. The van der Waals surface area contributed by atoms with Gasteiger partial charge in [0, 0.05) is 49.0 Å². The summed E-state index contributed by atoms with van der Waals surface area (Å²) in [4.78, 5) is 10.8. The molecule has 0 aliphatic carbocycles. The van der Waals surface area contributed by atoms with Crippen molar-refractivity contribution in [3.63, 3.8) is 0 Å². The summed E-state index contributed by atoms with van der Waals surface area (Å²) in [7, 11) is 0. The summed E-state index contributed by atoms with van der Waals surface area (Å²) in [5.74, 6) is 0.639. The maximum Gasteiger partial charge on any atom is 0.235 e. The Bertz CT molecular complexity index is 3180. The molecule has 0 saturated carbocycles. The first-order chi connectivity index (χ1) is 25.8. The predicted molar refractivity (Wildman–Crippen MR) is 215 cm³/mol. The second-order valence-electron chi connectivity index (χ2n) is 13.3. The van der Waals surface area contributed by atoms with Crippen LogP contribution in [0.15, 0.2) is 180 Å². The molecule has 0 fully saturated rings. The normalized spacial score (nSPS) is 11.8. The highest BCUT2D eigenvalue weighted by molar-refractivity contribution is 6.15. The minimum absolute atomic E-state index is 0.639. The van der Waals surface area contributed by atoms with Crippen LogP contribution in [0.2, 0.25) is 0 Å². The first-order valence-corrected chi connectivity index (χ1v) is 17.6. The predicted octanol–water partition coefficient (Wildman–Crippen LogP) is 12.8. The third-order valence-electron chi connectivity index (χ3n) is 10.4. The summed E-state index contributed by atoms with van der Waals surface area (Å²) in [5.41, 5.74) is 11.1. The highest BCUT2D eigenvalue weighted by Gasteiger charge is 2.20. The first-order valence-electron chi connectivity index (χ1n) is 17.6. The van der Waals surface area contributed by atoms with E-state index in [4.69, 9.17) is 14.4 Å². The minimum Gasteiger partial charge on any atom is -0.455 e. The molecule has 0 spiro atoms. The van der Waals surface area contributed by atoms with Crippen LogP contribution in [-0.4, -0.2) is 14.5 Å². The van der Waals surface area contributed by atoms with Crippen molar-refractivity contribution in [1.82, 2.24) is 14.5 Å². The monoisotopic (exact) mass is 663 g/mol. The number of benzene rings is 8. The van der Waals surface area contributed by atoms with Gasteiger partial charge in [0.25, 0.3) is 0 Å². The van der Waals surface area contributed by atoms with Crippen LogP contribution in [0.1, 0.15) is 0 Å². The number of fused-ring (bicyclic) bond motifs is 9. The molecule has 0 aliphatic rings. The molecule has 11 rings (SSSR count). The molecular weight excluding hydrogens is 635 g/mol. The fraction of sp³-hybridized carbons (Fsp3) is 0. The van der Waals surface area contributed by atoms with Crippen LogP contribution >= 0.6 is 0 Å². The van der Waals surface area contributed by atoms with Gasteiger partial charge in [-0.05, 0) is 34.7 Å². The molecule has 52 heavy (non-hydrogen) atoms. The molecule has 0 bridgehead atoms. The summed E-state index contributed by atoms with van der Waals surface area (Å²) < 4.78 is 9.06. The van der Waals surface area contributed by atoms with Crippen molar-refractivity contribution >= 4 is 65.4 Å². The van der Waals surface area contributed by atoms with Gasteiger partial charge in [0.1, 0.15) is 11.2 Å². The average molecular weight is 664 g/mol. The molecule has 242 valence electrons. The largest absolute Gasteiger partial charge is 0.455 e. The average Bonchev–Trinajstić information content (AvgIpc) is 3.77. The maximum atomic E-state index is 6.83. The Hall–Kier alpha value is -7.04. The van der Waals surface area contributed by atoms with Gasteiger partial charge in [-0.15, -0.1) is 0 Å². The second-order valence-corrected chi connectivity index (χ2v) is 13.3.